The predicted octanol–water partition coefficient (Wildman–Crippen LogP) is 3.70. The minimum atomic E-state index is -0.223. The molecule has 0 heterocycles. The lowest BCUT2D eigenvalue weighted by atomic mass is 9.81. The first kappa shape index (κ1) is 14.3. The normalized spacial score (nSPS) is 27.2. The maximum absolute atomic E-state index is 10.2. The summed E-state index contributed by atoms with van der Waals surface area (Å²) < 4.78 is 5.88. The van der Waals surface area contributed by atoms with Gasteiger partial charge in [0.05, 0.1) is 19.3 Å². The van der Waals surface area contributed by atoms with Crippen LogP contribution in [0.4, 0.5) is 0 Å². The monoisotopic (exact) mass is 260 g/mol. The number of allylic oxidation sites excluding steroid dienone is 2. The van der Waals surface area contributed by atoms with Gasteiger partial charge < -0.3 is 9.84 Å². The topological polar surface area (TPSA) is 29.5 Å². The minimum absolute atomic E-state index is 0.0682. The number of benzene rings is 1. The molecule has 2 atom stereocenters. The van der Waals surface area contributed by atoms with Gasteiger partial charge in [-0.25, -0.2) is 0 Å². The van der Waals surface area contributed by atoms with Crippen molar-refractivity contribution in [3.63, 3.8) is 0 Å². The van der Waals surface area contributed by atoms with Gasteiger partial charge in [-0.3, -0.25) is 0 Å². The first-order chi connectivity index (χ1) is 9.27. The van der Waals surface area contributed by atoms with Crippen LogP contribution in [-0.2, 0) is 11.3 Å². The molecule has 1 aliphatic rings. The van der Waals surface area contributed by atoms with Crippen LogP contribution in [0.25, 0.3) is 0 Å². The van der Waals surface area contributed by atoms with Crippen molar-refractivity contribution in [3.8, 4) is 0 Å². The fourth-order valence-electron chi connectivity index (χ4n) is 2.88. The Labute approximate surface area is 116 Å². The molecule has 2 rings (SSSR count). The molecule has 0 bridgehead atoms. The summed E-state index contributed by atoms with van der Waals surface area (Å²) in [4.78, 5) is 0. The lowest BCUT2D eigenvalue weighted by Gasteiger charge is -2.31. The molecule has 104 valence electrons. The van der Waals surface area contributed by atoms with E-state index < -0.39 is 0 Å². The van der Waals surface area contributed by atoms with E-state index in [2.05, 4.69) is 24.3 Å². The van der Waals surface area contributed by atoms with Crippen molar-refractivity contribution in [3.05, 3.63) is 48.0 Å². The summed E-state index contributed by atoms with van der Waals surface area (Å²) in [5, 5.41) is 10.2. The highest BCUT2D eigenvalue weighted by Gasteiger charge is 2.41. The van der Waals surface area contributed by atoms with E-state index in [1.807, 2.05) is 25.1 Å². The number of hydrogen-bond acceptors (Lipinski definition) is 2. The van der Waals surface area contributed by atoms with Crippen molar-refractivity contribution < 1.29 is 9.84 Å². The van der Waals surface area contributed by atoms with Crippen LogP contribution in [0.5, 0.6) is 0 Å². The predicted molar refractivity (Wildman–Crippen MR) is 77.8 cm³/mol. The van der Waals surface area contributed by atoms with Crippen LogP contribution >= 0.6 is 0 Å². The van der Waals surface area contributed by atoms with Gasteiger partial charge >= 0.3 is 0 Å². The van der Waals surface area contributed by atoms with Crippen LogP contribution in [0, 0.1) is 5.41 Å². The lowest BCUT2D eigenvalue weighted by molar-refractivity contribution is -0.0303. The highest BCUT2D eigenvalue weighted by Crippen LogP contribution is 2.42. The zero-order chi connectivity index (χ0) is 13.6. The third kappa shape index (κ3) is 3.68. The van der Waals surface area contributed by atoms with E-state index in [9.17, 15) is 5.11 Å². The summed E-state index contributed by atoms with van der Waals surface area (Å²) in [5.41, 5.74) is 1.12. The van der Waals surface area contributed by atoms with Crippen LogP contribution in [-0.4, -0.2) is 17.8 Å². The summed E-state index contributed by atoms with van der Waals surface area (Å²) in [6, 6.07) is 10.2. The summed E-state index contributed by atoms with van der Waals surface area (Å²) >= 11 is 0. The van der Waals surface area contributed by atoms with Crippen molar-refractivity contribution in [2.75, 3.05) is 6.61 Å². The molecular weight excluding hydrogens is 236 g/mol. The molecule has 0 aliphatic heterocycles. The van der Waals surface area contributed by atoms with Crippen LogP contribution in [0.3, 0.4) is 0 Å². The van der Waals surface area contributed by atoms with E-state index in [0.29, 0.717) is 13.2 Å². The summed E-state index contributed by atoms with van der Waals surface area (Å²) in [6.45, 7) is 3.30. The molecule has 19 heavy (non-hydrogen) atoms. The van der Waals surface area contributed by atoms with Gasteiger partial charge in [0.25, 0.3) is 0 Å². The average molecular weight is 260 g/mol. The van der Waals surface area contributed by atoms with Crippen molar-refractivity contribution in [1.29, 1.82) is 0 Å². The van der Waals surface area contributed by atoms with Crippen LogP contribution < -0.4 is 0 Å². The fourth-order valence-corrected chi connectivity index (χ4v) is 2.88. The largest absolute Gasteiger partial charge is 0.392 e. The van der Waals surface area contributed by atoms with Crippen LogP contribution in [0.2, 0.25) is 0 Å². The maximum atomic E-state index is 10.2. The molecule has 1 fully saturated rings. The minimum Gasteiger partial charge on any atom is -0.392 e. The molecule has 1 aromatic carbocycles. The van der Waals surface area contributed by atoms with Crippen molar-refractivity contribution >= 4 is 0 Å². The molecule has 2 heteroatoms. The highest BCUT2D eigenvalue weighted by molar-refractivity contribution is 5.13. The fraction of sp³-hybridized carbons (Fsp3) is 0.529. The zero-order valence-electron chi connectivity index (χ0n) is 11.7. The Kier molecular flexibility index (Phi) is 5.17. The van der Waals surface area contributed by atoms with Gasteiger partial charge in [0.15, 0.2) is 0 Å². The van der Waals surface area contributed by atoms with Crippen LogP contribution in [0.15, 0.2) is 42.5 Å². The molecular formula is C17H24O2. The van der Waals surface area contributed by atoms with Crippen LogP contribution in [0.1, 0.15) is 38.2 Å². The number of ether oxygens (including phenoxy) is 1. The standard InChI is InChI=1S/C17H24O2/c1-2-3-11-17(12-7-10-16(17)18)14-19-13-15-8-5-4-6-9-15/h2-6,8-9,16,18H,7,10-14H2,1H3/b3-2+/t16-,17+/m1/s1. The van der Waals surface area contributed by atoms with E-state index >= 15 is 0 Å². The number of rotatable bonds is 6. The van der Waals surface area contributed by atoms with E-state index in [1.54, 1.807) is 0 Å². The number of hydrogen-bond donors (Lipinski definition) is 1. The highest BCUT2D eigenvalue weighted by atomic mass is 16.5. The quantitative estimate of drug-likeness (QED) is 0.790. The van der Waals surface area contributed by atoms with Gasteiger partial charge in [-0.1, -0.05) is 48.9 Å². The Bertz CT molecular complexity index is 399. The Balaban J connectivity index is 1.90. The number of aliphatic hydroxyl groups is 1. The molecule has 1 aliphatic carbocycles. The molecule has 0 amide bonds. The Morgan fingerprint density at radius 1 is 1.37 bits per heavy atom. The summed E-state index contributed by atoms with van der Waals surface area (Å²) in [6.07, 6.45) is 7.98. The third-order valence-corrected chi connectivity index (χ3v) is 4.12. The van der Waals surface area contributed by atoms with Crippen molar-refractivity contribution in [2.24, 2.45) is 5.41 Å². The Hall–Kier alpha value is -1.12. The van der Waals surface area contributed by atoms with E-state index in [4.69, 9.17) is 4.74 Å². The molecule has 0 spiro atoms. The first-order valence-electron chi connectivity index (χ1n) is 7.18. The van der Waals surface area contributed by atoms with Crippen molar-refractivity contribution in [2.45, 2.75) is 45.3 Å². The Morgan fingerprint density at radius 2 is 2.16 bits per heavy atom. The lowest BCUT2D eigenvalue weighted by Crippen LogP contribution is -2.34. The number of aliphatic hydroxyl groups excluding tert-OH is 1. The van der Waals surface area contributed by atoms with E-state index in [1.165, 1.54) is 5.56 Å². The molecule has 0 unspecified atom stereocenters. The second-order valence-electron chi connectivity index (χ2n) is 5.52. The average Bonchev–Trinajstić information content (AvgIpc) is 2.80. The third-order valence-electron chi connectivity index (χ3n) is 4.12. The SMILES string of the molecule is C/C=C/C[C@@]1(COCc2ccccc2)CCC[C@H]1O. The van der Waals surface area contributed by atoms with Crippen molar-refractivity contribution in [1.82, 2.24) is 0 Å². The van der Waals surface area contributed by atoms with E-state index in [0.717, 1.165) is 25.7 Å². The smallest absolute Gasteiger partial charge is 0.0717 e. The van der Waals surface area contributed by atoms with Gasteiger partial charge in [0, 0.05) is 5.41 Å². The Morgan fingerprint density at radius 3 is 2.79 bits per heavy atom. The first-order valence-corrected chi connectivity index (χ1v) is 7.18. The second kappa shape index (κ2) is 6.88. The second-order valence-corrected chi connectivity index (χ2v) is 5.52. The zero-order valence-corrected chi connectivity index (χ0v) is 11.7. The molecule has 2 nitrogen and oxygen atoms in total. The van der Waals surface area contributed by atoms with Gasteiger partial charge in [0.2, 0.25) is 0 Å². The molecule has 1 saturated carbocycles. The van der Waals surface area contributed by atoms with Gasteiger partial charge in [0.1, 0.15) is 0 Å². The summed E-state index contributed by atoms with van der Waals surface area (Å²) in [7, 11) is 0. The van der Waals surface area contributed by atoms with E-state index in [-0.39, 0.29) is 11.5 Å². The maximum Gasteiger partial charge on any atom is 0.0717 e. The molecule has 1 N–H and O–H groups in total. The summed E-state index contributed by atoms with van der Waals surface area (Å²) in [5.74, 6) is 0. The molecule has 0 aromatic heterocycles. The van der Waals surface area contributed by atoms with Gasteiger partial charge in [-0.05, 0) is 31.7 Å². The van der Waals surface area contributed by atoms with Gasteiger partial charge in [-0.2, -0.15) is 0 Å². The molecule has 0 saturated heterocycles. The molecule has 1 aromatic rings. The molecule has 0 radical (unpaired) electrons. The van der Waals surface area contributed by atoms with Gasteiger partial charge in [-0.15, -0.1) is 0 Å².